The number of ether oxygens (including phenoxy) is 2. The van der Waals surface area contributed by atoms with Crippen LogP contribution in [0, 0.1) is 11.3 Å². The Labute approximate surface area is 127 Å². The van der Waals surface area contributed by atoms with Crippen molar-refractivity contribution in [2.75, 3.05) is 6.61 Å². The molecule has 0 N–H and O–H groups in total. The van der Waals surface area contributed by atoms with Gasteiger partial charge in [0.25, 0.3) is 5.89 Å². The minimum atomic E-state index is -0.231. The van der Waals surface area contributed by atoms with Crippen molar-refractivity contribution >= 4 is 11.6 Å². The van der Waals surface area contributed by atoms with E-state index in [-0.39, 0.29) is 12.7 Å². The zero-order chi connectivity index (χ0) is 15.2. The third-order valence-electron chi connectivity index (χ3n) is 2.68. The number of halogens is 1. The molecule has 1 heterocycles. The van der Waals surface area contributed by atoms with Crippen LogP contribution in [0.1, 0.15) is 37.2 Å². The molecule has 0 spiro atoms. The van der Waals surface area contributed by atoms with Crippen LogP contribution in [0.2, 0.25) is 5.02 Å². The van der Waals surface area contributed by atoms with Gasteiger partial charge in [0, 0.05) is 6.61 Å². The van der Waals surface area contributed by atoms with E-state index in [4.69, 9.17) is 30.9 Å². The lowest BCUT2D eigenvalue weighted by atomic mass is 10.2. The van der Waals surface area contributed by atoms with Gasteiger partial charge in [-0.25, -0.2) is 0 Å². The highest BCUT2D eigenvalue weighted by atomic mass is 35.5. The summed E-state index contributed by atoms with van der Waals surface area (Å²) in [5.41, 5.74) is 0.470. The van der Waals surface area contributed by atoms with Crippen molar-refractivity contribution in [2.24, 2.45) is 0 Å². The van der Waals surface area contributed by atoms with Crippen molar-refractivity contribution in [1.29, 1.82) is 5.26 Å². The van der Waals surface area contributed by atoms with Gasteiger partial charge in [-0.3, -0.25) is 0 Å². The van der Waals surface area contributed by atoms with Crippen LogP contribution in [0.5, 0.6) is 5.75 Å². The van der Waals surface area contributed by atoms with E-state index < -0.39 is 0 Å². The summed E-state index contributed by atoms with van der Waals surface area (Å²) in [7, 11) is 0. The Bertz CT molecular complexity index is 651. The molecule has 0 saturated heterocycles. The summed E-state index contributed by atoms with van der Waals surface area (Å²) in [6, 6.07) is 6.79. The minimum absolute atomic E-state index is 0.0947. The third kappa shape index (κ3) is 3.94. The summed E-state index contributed by atoms with van der Waals surface area (Å²) >= 11 is 6.01. The molecule has 2 rings (SSSR count). The van der Waals surface area contributed by atoms with Gasteiger partial charge in [0.05, 0.1) is 16.7 Å². The number of nitriles is 1. The van der Waals surface area contributed by atoms with Crippen molar-refractivity contribution in [3.63, 3.8) is 0 Å². The first-order valence-corrected chi connectivity index (χ1v) is 6.78. The van der Waals surface area contributed by atoms with Gasteiger partial charge in [-0.15, -0.1) is 0 Å². The van der Waals surface area contributed by atoms with E-state index >= 15 is 0 Å². The second-order valence-corrected chi connectivity index (χ2v) is 4.60. The van der Waals surface area contributed by atoms with Crippen LogP contribution in [0.4, 0.5) is 0 Å². The second kappa shape index (κ2) is 7.07. The molecule has 0 aliphatic heterocycles. The summed E-state index contributed by atoms with van der Waals surface area (Å²) in [6.45, 7) is 4.41. The molecular formula is C14H14ClN3O3. The van der Waals surface area contributed by atoms with Crippen molar-refractivity contribution in [1.82, 2.24) is 10.1 Å². The predicted octanol–water partition coefficient (Wildman–Crippen LogP) is 3.27. The lowest BCUT2D eigenvalue weighted by Crippen LogP contribution is -2.02. The summed E-state index contributed by atoms with van der Waals surface area (Å²) in [4.78, 5) is 4.18. The summed E-state index contributed by atoms with van der Waals surface area (Å²) in [5, 5.41) is 13.0. The van der Waals surface area contributed by atoms with Gasteiger partial charge >= 0.3 is 0 Å². The number of rotatable bonds is 6. The summed E-state index contributed by atoms with van der Waals surface area (Å²) in [5.74, 6) is 1.26. The van der Waals surface area contributed by atoms with E-state index in [1.807, 2.05) is 19.9 Å². The Morgan fingerprint density at radius 3 is 2.95 bits per heavy atom. The Kier molecular flexibility index (Phi) is 5.14. The summed E-state index contributed by atoms with van der Waals surface area (Å²) in [6.07, 6.45) is -0.231. The van der Waals surface area contributed by atoms with Crippen molar-refractivity contribution < 1.29 is 14.0 Å². The molecule has 7 heteroatoms. The van der Waals surface area contributed by atoms with Crippen LogP contribution in [-0.2, 0) is 11.3 Å². The maximum atomic E-state index is 8.76. The molecular weight excluding hydrogens is 294 g/mol. The fourth-order valence-corrected chi connectivity index (χ4v) is 1.88. The van der Waals surface area contributed by atoms with Gasteiger partial charge < -0.3 is 14.0 Å². The zero-order valence-electron chi connectivity index (χ0n) is 11.7. The van der Waals surface area contributed by atoms with E-state index in [0.717, 1.165) is 0 Å². The molecule has 0 aliphatic carbocycles. The molecule has 6 nitrogen and oxygen atoms in total. The zero-order valence-corrected chi connectivity index (χ0v) is 12.4. The molecule has 0 saturated carbocycles. The van der Waals surface area contributed by atoms with E-state index in [1.54, 1.807) is 12.1 Å². The van der Waals surface area contributed by atoms with Gasteiger partial charge in [-0.05, 0) is 32.0 Å². The number of aromatic nitrogens is 2. The molecule has 1 unspecified atom stereocenters. The first-order valence-electron chi connectivity index (χ1n) is 6.40. The standard InChI is InChI=1S/C14H14ClN3O3/c1-3-19-9(2)14-17-13(21-18-14)8-20-12-5-4-10(7-16)6-11(12)15/h4-6,9H,3,8H2,1-2H3. The molecule has 0 amide bonds. The van der Waals surface area contributed by atoms with E-state index in [0.29, 0.717) is 34.7 Å². The van der Waals surface area contributed by atoms with Crippen LogP contribution >= 0.6 is 11.6 Å². The number of hydrogen-bond donors (Lipinski definition) is 0. The van der Waals surface area contributed by atoms with Gasteiger partial charge in [0.15, 0.2) is 12.4 Å². The van der Waals surface area contributed by atoms with Crippen LogP contribution in [-0.4, -0.2) is 16.7 Å². The Balaban J connectivity index is 1.99. The lowest BCUT2D eigenvalue weighted by molar-refractivity contribution is 0.0683. The smallest absolute Gasteiger partial charge is 0.264 e. The monoisotopic (exact) mass is 307 g/mol. The molecule has 2 aromatic rings. The SMILES string of the molecule is CCOC(C)c1noc(COc2ccc(C#N)cc2Cl)n1. The van der Waals surface area contributed by atoms with Crippen LogP contribution < -0.4 is 4.74 Å². The van der Waals surface area contributed by atoms with Crippen molar-refractivity contribution in [2.45, 2.75) is 26.6 Å². The molecule has 1 aromatic carbocycles. The molecule has 0 bridgehead atoms. The van der Waals surface area contributed by atoms with E-state index in [9.17, 15) is 0 Å². The average Bonchev–Trinajstić information content (AvgIpc) is 2.95. The molecule has 0 radical (unpaired) electrons. The minimum Gasteiger partial charge on any atom is -0.482 e. The largest absolute Gasteiger partial charge is 0.482 e. The normalized spacial score (nSPS) is 11.9. The molecule has 0 aliphatic rings. The first-order chi connectivity index (χ1) is 10.1. The van der Waals surface area contributed by atoms with Crippen molar-refractivity contribution in [3.8, 4) is 11.8 Å². The Hall–Kier alpha value is -2.10. The molecule has 21 heavy (non-hydrogen) atoms. The average molecular weight is 308 g/mol. The van der Waals surface area contributed by atoms with Gasteiger partial charge in [0.1, 0.15) is 11.9 Å². The third-order valence-corrected chi connectivity index (χ3v) is 2.97. The highest BCUT2D eigenvalue weighted by Gasteiger charge is 2.14. The van der Waals surface area contributed by atoms with Crippen molar-refractivity contribution in [3.05, 3.63) is 40.5 Å². The van der Waals surface area contributed by atoms with Crippen LogP contribution in [0.25, 0.3) is 0 Å². The van der Waals surface area contributed by atoms with Gasteiger partial charge in [0.2, 0.25) is 0 Å². The van der Waals surface area contributed by atoms with Gasteiger partial charge in [-0.2, -0.15) is 10.2 Å². The Morgan fingerprint density at radius 2 is 2.29 bits per heavy atom. The number of hydrogen-bond acceptors (Lipinski definition) is 6. The molecule has 1 aromatic heterocycles. The maximum Gasteiger partial charge on any atom is 0.264 e. The maximum absolute atomic E-state index is 8.76. The van der Waals surface area contributed by atoms with E-state index in [2.05, 4.69) is 10.1 Å². The number of benzene rings is 1. The fraction of sp³-hybridized carbons (Fsp3) is 0.357. The van der Waals surface area contributed by atoms with E-state index in [1.165, 1.54) is 6.07 Å². The highest BCUT2D eigenvalue weighted by molar-refractivity contribution is 6.32. The lowest BCUT2D eigenvalue weighted by Gasteiger charge is -2.06. The number of nitrogens with zero attached hydrogens (tertiary/aromatic N) is 3. The summed E-state index contributed by atoms with van der Waals surface area (Å²) < 4.78 is 15.9. The molecule has 0 fully saturated rings. The fourth-order valence-electron chi connectivity index (χ4n) is 1.64. The molecule has 110 valence electrons. The first kappa shape index (κ1) is 15.3. The van der Waals surface area contributed by atoms with Crippen LogP contribution in [0.3, 0.4) is 0 Å². The molecule has 1 atom stereocenters. The Morgan fingerprint density at radius 1 is 1.48 bits per heavy atom. The predicted molar refractivity (Wildman–Crippen MR) is 74.8 cm³/mol. The van der Waals surface area contributed by atoms with Crippen LogP contribution in [0.15, 0.2) is 22.7 Å². The second-order valence-electron chi connectivity index (χ2n) is 4.19. The van der Waals surface area contributed by atoms with Gasteiger partial charge in [-0.1, -0.05) is 16.8 Å². The quantitative estimate of drug-likeness (QED) is 0.814. The highest BCUT2D eigenvalue weighted by Crippen LogP contribution is 2.26. The topological polar surface area (TPSA) is 81.2 Å².